The molecule has 3 aliphatic heterocycles. The number of nitrogens with zero attached hydrogens (tertiary/aromatic N) is 8. The van der Waals surface area contributed by atoms with Crippen molar-refractivity contribution in [2.75, 3.05) is 57.3 Å². The van der Waals surface area contributed by atoms with Crippen molar-refractivity contribution in [2.24, 2.45) is 21.6 Å². The summed E-state index contributed by atoms with van der Waals surface area (Å²) in [5, 5.41) is 20.9. The zero-order chi connectivity index (χ0) is 30.7. The van der Waals surface area contributed by atoms with Crippen molar-refractivity contribution in [1.82, 2.24) is 25.1 Å². The fourth-order valence-corrected chi connectivity index (χ4v) is 5.79. The molecule has 0 bridgehead atoms. The third-order valence-electron chi connectivity index (χ3n) is 8.47. The lowest BCUT2D eigenvalue weighted by atomic mass is 9.92. The Bertz CT molecular complexity index is 1410. The van der Waals surface area contributed by atoms with Gasteiger partial charge in [0.1, 0.15) is 11.7 Å². The van der Waals surface area contributed by atoms with Crippen LogP contribution in [0.25, 0.3) is 0 Å². The molecule has 2 saturated heterocycles. The Morgan fingerprint density at radius 3 is 2.57 bits per heavy atom. The van der Waals surface area contributed by atoms with Crippen LogP contribution in [0.3, 0.4) is 0 Å². The van der Waals surface area contributed by atoms with Crippen LogP contribution >= 0.6 is 0 Å². The summed E-state index contributed by atoms with van der Waals surface area (Å²) >= 11 is 0. The highest BCUT2D eigenvalue weighted by atomic mass is 15.3. The molecule has 2 unspecified atom stereocenters. The maximum absolute atomic E-state index is 9.75. The van der Waals surface area contributed by atoms with Crippen LogP contribution in [0.15, 0.2) is 70.3 Å². The number of rotatable bonds is 12. The van der Waals surface area contributed by atoms with Gasteiger partial charge in [0.2, 0.25) is 0 Å². The van der Waals surface area contributed by atoms with E-state index in [0.29, 0.717) is 23.5 Å². The van der Waals surface area contributed by atoms with E-state index < -0.39 is 12.0 Å². The lowest BCUT2D eigenvalue weighted by molar-refractivity contribution is 0.249. The first-order chi connectivity index (χ1) is 21.6. The van der Waals surface area contributed by atoms with Crippen LogP contribution in [0.5, 0.6) is 0 Å². The van der Waals surface area contributed by atoms with Crippen molar-refractivity contribution in [3.8, 4) is 6.07 Å². The van der Waals surface area contributed by atoms with Gasteiger partial charge in [-0.25, -0.2) is 9.98 Å². The minimum Gasteiger partial charge on any atom is -0.404 e. The molecule has 0 saturated carbocycles. The molecule has 0 radical (unpaired) electrons. The molecule has 230 valence electrons. The van der Waals surface area contributed by atoms with Gasteiger partial charge in [-0.1, -0.05) is 13.0 Å². The number of aliphatic imine (C=N–C) groups is 2. The van der Waals surface area contributed by atoms with Crippen LogP contribution in [-0.2, 0) is 13.0 Å². The Labute approximate surface area is 260 Å². The van der Waals surface area contributed by atoms with Gasteiger partial charge >= 0.3 is 0 Å². The average molecular weight is 594 g/mol. The van der Waals surface area contributed by atoms with Crippen molar-refractivity contribution in [1.29, 1.82) is 10.7 Å². The molecule has 0 spiro atoms. The van der Waals surface area contributed by atoms with Gasteiger partial charge in [0.25, 0.3) is 0 Å². The monoisotopic (exact) mass is 593 g/mol. The van der Waals surface area contributed by atoms with Crippen LogP contribution in [-0.4, -0.2) is 96.3 Å². The number of aromatic nitrogens is 2. The summed E-state index contributed by atoms with van der Waals surface area (Å²) in [6.07, 6.45) is 13.4. The summed E-state index contributed by atoms with van der Waals surface area (Å²) in [7, 11) is 0. The summed E-state index contributed by atoms with van der Waals surface area (Å²) in [5.41, 5.74) is 11.1. The standard InChI is InChI=1S/C33H43N11/c1-2-29-7-5-25(20-38-29)24-43-13-15-44(16-14-43)31-8-6-26(22-39-31)33-32(27(17-34)18-35)40-23-30(41-33)28(19-36)21-37-9-12-42-10-3-4-11-42/h5-8,17,19-23,27,32,34,40H,2-4,9-16,24,36H2,1H3. The highest BCUT2D eigenvalue weighted by molar-refractivity contribution is 6.08. The number of allylic oxidation sites excluding steroid dienone is 1. The SMILES string of the molecule is CCc1ccc(CN2CCN(c3ccc(C4=NC(C(C=NCCN5CCCC5)=CN)=CNC4C(C#N)C=N)cn3)CC2)cn1. The molecule has 0 aromatic carbocycles. The van der Waals surface area contributed by atoms with Crippen molar-refractivity contribution in [3.63, 3.8) is 0 Å². The Balaban J connectivity index is 1.25. The molecule has 11 heteroatoms. The van der Waals surface area contributed by atoms with Crippen molar-refractivity contribution >= 4 is 24.0 Å². The van der Waals surface area contributed by atoms with Gasteiger partial charge in [-0.15, -0.1) is 0 Å². The highest BCUT2D eigenvalue weighted by Crippen LogP contribution is 2.22. The predicted octanol–water partition coefficient (Wildman–Crippen LogP) is 2.76. The summed E-state index contributed by atoms with van der Waals surface area (Å²) in [5.74, 6) is 0.225. The summed E-state index contributed by atoms with van der Waals surface area (Å²) in [6.45, 7) is 10.6. The maximum Gasteiger partial charge on any atom is 0.128 e. The van der Waals surface area contributed by atoms with Gasteiger partial charge in [0, 0.05) is 93.3 Å². The number of aryl methyl sites for hydroxylation is 1. The second-order valence-electron chi connectivity index (χ2n) is 11.4. The number of piperazine rings is 1. The van der Waals surface area contributed by atoms with E-state index in [1.807, 2.05) is 24.5 Å². The van der Waals surface area contributed by atoms with Gasteiger partial charge in [-0.2, -0.15) is 5.26 Å². The third kappa shape index (κ3) is 7.75. The van der Waals surface area contributed by atoms with Gasteiger partial charge in [-0.3, -0.25) is 14.9 Å². The summed E-state index contributed by atoms with van der Waals surface area (Å²) < 4.78 is 0. The molecule has 44 heavy (non-hydrogen) atoms. The number of hydrogen-bond acceptors (Lipinski definition) is 11. The second-order valence-corrected chi connectivity index (χ2v) is 11.4. The van der Waals surface area contributed by atoms with E-state index in [1.165, 1.54) is 24.6 Å². The van der Waals surface area contributed by atoms with Gasteiger partial charge in [0.15, 0.2) is 0 Å². The molecule has 0 aliphatic carbocycles. The zero-order valence-electron chi connectivity index (χ0n) is 25.6. The summed E-state index contributed by atoms with van der Waals surface area (Å²) in [4.78, 5) is 26.0. The molecule has 4 N–H and O–H groups in total. The Hall–Kier alpha value is -4.40. The van der Waals surface area contributed by atoms with E-state index in [1.54, 1.807) is 12.4 Å². The van der Waals surface area contributed by atoms with E-state index in [9.17, 15) is 5.26 Å². The number of anilines is 1. The van der Waals surface area contributed by atoms with Crippen LogP contribution < -0.4 is 16.0 Å². The quantitative estimate of drug-likeness (QED) is 0.319. The predicted molar refractivity (Wildman–Crippen MR) is 176 cm³/mol. The van der Waals surface area contributed by atoms with Crippen LogP contribution in [0.1, 0.15) is 36.6 Å². The molecule has 2 aromatic rings. The van der Waals surface area contributed by atoms with Crippen molar-refractivity contribution < 1.29 is 0 Å². The van der Waals surface area contributed by atoms with Crippen molar-refractivity contribution in [2.45, 2.75) is 38.8 Å². The molecule has 2 fully saturated rings. The van der Waals surface area contributed by atoms with Gasteiger partial charge in [0.05, 0.1) is 30.1 Å². The number of nitriles is 1. The Kier molecular flexibility index (Phi) is 10.8. The van der Waals surface area contributed by atoms with Gasteiger partial charge < -0.3 is 26.3 Å². The lowest BCUT2D eigenvalue weighted by Gasteiger charge is -2.35. The fraction of sp³-hybridized carbons (Fsp3) is 0.455. The maximum atomic E-state index is 9.75. The van der Waals surface area contributed by atoms with Crippen LogP contribution in [0.2, 0.25) is 0 Å². The Morgan fingerprint density at radius 2 is 1.93 bits per heavy atom. The average Bonchev–Trinajstić information content (AvgIpc) is 3.60. The van der Waals surface area contributed by atoms with Crippen molar-refractivity contribution in [3.05, 3.63) is 77.2 Å². The zero-order valence-corrected chi connectivity index (χ0v) is 25.6. The van der Waals surface area contributed by atoms with E-state index in [-0.39, 0.29) is 0 Å². The molecule has 3 aliphatic rings. The molecule has 5 heterocycles. The molecule has 5 rings (SSSR count). The first-order valence-electron chi connectivity index (χ1n) is 15.6. The number of nitrogens with one attached hydrogen (secondary N) is 2. The molecule has 2 atom stereocenters. The second kappa shape index (κ2) is 15.4. The normalized spacial score (nSPS) is 20.6. The first kappa shape index (κ1) is 31.0. The topological polar surface area (TPSA) is 146 Å². The third-order valence-corrected chi connectivity index (χ3v) is 8.47. The van der Waals surface area contributed by atoms with E-state index >= 15 is 0 Å². The first-order valence-corrected chi connectivity index (χ1v) is 15.6. The van der Waals surface area contributed by atoms with E-state index in [2.05, 4.69) is 55.1 Å². The van der Waals surface area contributed by atoms with E-state index in [4.69, 9.17) is 21.1 Å². The van der Waals surface area contributed by atoms with Gasteiger partial charge in [-0.05, 0) is 56.1 Å². The van der Waals surface area contributed by atoms with Crippen LogP contribution in [0.4, 0.5) is 5.82 Å². The number of hydrogen-bond donors (Lipinski definition) is 3. The minimum absolute atomic E-state index is 0.482. The molecular weight excluding hydrogens is 550 g/mol. The van der Waals surface area contributed by atoms with E-state index in [0.717, 1.165) is 82.1 Å². The Morgan fingerprint density at radius 1 is 1.11 bits per heavy atom. The molecule has 2 aromatic heterocycles. The van der Waals surface area contributed by atoms with Crippen LogP contribution in [0, 0.1) is 22.7 Å². The number of pyridine rings is 2. The fourth-order valence-electron chi connectivity index (χ4n) is 5.79. The number of likely N-dealkylation sites (tertiary alicyclic amines) is 1. The highest BCUT2D eigenvalue weighted by Gasteiger charge is 2.29. The number of nitrogens with two attached hydrogens (primary N) is 1. The minimum atomic E-state index is -0.688. The molecule has 11 nitrogen and oxygen atoms in total. The smallest absolute Gasteiger partial charge is 0.128 e. The summed E-state index contributed by atoms with van der Waals surface area (Å²) in [6, 6.07) is 10.0. The lowest BCUT2D eigenvalue weighted by Crippen LogP contribution is -2.46. The molecule has 0 amide bonds. The molecular formula is C33H43N11. The largest absolute Gasteiger partial charge is 0.404 e.